The van der Waals surface area contributed by atoms with Gasteiger partial charge in [-0.3, -0.25) is 4.79 Å². The van der Waals surface area contributed by atoms with Crippen LogP contribution in [0.25, 0.3) is 0 Å². The lowest BCUT2D eigenvalue weighted by Gasteiger charge is -2.51. The number of rotatable bonds is 0. The fraction of sp³-hybridized carbons (Fsp3) is 0.889. The number of amides is 1. The molecule has 2 aliphatic heterocycles. The second kappa shape index (κ2) is 2.46. The van der Waals surface area contributed by atoms with Crippen molar-refractivity contribution in [2.75, 3.05) is 26.7 Å². The van der Waals surface area contributed by atoms with Gasteiger partial charge in [0.05, 0.1) is 5.54 Å². The third-order valence-corrected chi connectivity index (χ3v) is 3.11. The van der Waals surface area contributed by atoms with E-state index in [9.17, 15) is 4.79 Å². The van der Waals surface area contributed by atoms with Crippen molar-refractivity contribution >= 4 is 5.91 Å². The Kier molecular flexibility index (Phi) is 1.65. The topological polar surface area (TPSA) is 23.6 Å². The molecular weight excluding hydrogens is 152 g/mol. The summed E-state index contributed by atoms with van der Waals surface area (Å²) in [5.41, 5.74) is 0.237. The number of nitrogens with zero attached hydrogens (tertiary/aromatic N) is 2. The lowest BCUT2D eigenvalue weighted by molar-refractivity contribution is -0.138. The number of hydrogen-bond acceptors (Lipinski definition) is 2. The van der Waals surface area contributed by atoms with Crippen LogP contribution in [0.15, 0.2) is 0 Å². The van der Waals surface area contributed by atoms with Crippen LogP contribution in [-0.2, 0) is 4.79 Å². The minimum atomic E-state index is 0.237. The molecule has 0 atom stereocenters. The molecule has 2 heterocycles. The number of carbonyl (C=O) groups is 1. The van der Waals surface area contributed by atoms with Crippen molar-refractivity contribution in [1.29, 1.82) is 0 Å². The number of likely N-dealkylation sites (N-methyl/N-ethyl adjacent to an activating group) is 1. The SMILES string of the molecule is CC(=O)N1CCCC12CN(C)C2. The first-order valence-electron chi connectivity index (χ1n) is 4.61. The molecule has 0 bridgehead atoms. The van der Waals surface area contributed by atoms with E-state index in [4.69, 9.17) is 0 Å². The molecular formula is C9H16N2O. The summed E-state index contributed by atoms with van der Waals surface area (Å²) in [4.78, 5) is 15.6. The van der Waals surface area contributed by atoms with Crippen molar-refractivity contribution in [1.82, 2.24) is 9.80 Å². The summed E-state index contributed by atoms with van der Waals surface area (Å²) in [7, 11) is 2.11. The van der Waals surface area contributed by atoms with E-state index >= 15 is 0 Å². The fourth-order valence-corrected chi connectivity index (χ4v) is 2.72. The molecule has 2 rings (SSSR count). The first-order valence-corrected chi connectivity index (χ1v) is 4.61. The van der Waals surface area contributed by atoms with Gasteiger partial charge in [-0.2, -0.15) is 0 Å². The monoisotopic (exact) mass is 168 g/mol. The Morgan fingerprint density at radius 1 is 1.42 bits per heavy atom. The van der Waals surface area contributed by atoms with Crippen LogP contribution in [0.2, 0.25) is 0 Å². The molecule has 0 aromatic heterocycles. The third kappa shape index (κ3) is 0.959. The molecule has 1 spiro atoms. The van der Waals surface area contributed by atoms with Crippen LogP contribution in [0.4, 0.5) is 0 Å². The number of carbonyl (C=O) groups excluding carboxylic acids is 1. The van der Waals surface area contributed by atoms with Crippen molar-refractivity contribution in [2.24, 2.45) is 0 Å². The highest BCUT2D eigenvalue weighted by Gasteiger charge is 2.49. The molecule has 2 aliphatic rings. The Balaban J connectivity index is 2.10. The zero-order chi connectivity index (χ0) is 8.77. The second-order valence-electron chi connectivity index (χ2n) is 4.17. The zero-order valence-corrected chi connectivity index (χ0v) is 7.84. The van der Waals surface area contributed by atoms with E-state index < -0.39 is 0 Å². The Hall–Kier alpha value is -0.570. The maximum atomic E-state index is 11.3. The van der Waals surface area contributed by atoms with Gasteiger partial charge in [-0.05, 0) is 19.9 Å². The first-order chi connectivity index (χ1) is 5.64. The molecule has 0 aromatic rings. The van der Waals surface area contributed by atoms with Gasteiger partial charge in [-0.25, -0.2) is 0 Å². The molecule has 0 radical (unpaired) electrons. The Labute approximate surface area is 73.3 Å². The first kappa shape index (κ1) is 8.05. The molecule has 3 nitrogen and oxygen atoms in total. The van der Waals surface area contributed by atoms with Crippen molar-refractivity contribution in [3.8, 4) is 0 Å². The van der Waals surface area contributed by atoms with Gasteiger partial charge < -0.3 is 9.80 Å². The highest BCUT2D eigenvalue weighted by molar-refractivity contribution is 5.75. The molecule has 3 heteroatoms. The van der Waals surface area contributed by atoms with Gasteiger partial charge in [0.25, 0.3) is 0 Å². The largest absolute Gasteiger partial charge is 0.335 e. The van der Waals surface area contributed by atoms with Crippen LogP contribution < -0.4 is 0 Å². The molecule has 68 valence electrons. The third-order valence-electron chi connectivity index (χ3n) is 3.11. The summed E-state index contributed by atoms with van der Waals surface area (Å²) in [5, 5.41) is 0. The average molecular weight is 168 g/mol. The van der Waals surface area contributed by atoms with Crippen LogP contribution in [0.1, 0.15) is 19.8 Å². The van der Waals surface area contributed by atoms with Crippen molar-refractivity contribution in [2.45, 2.75) is 25.3 Å². The number of hydrogen-bond donors (Lipinski definition) is 0. The molecule has 2 saturated heterocycles. The zero-order valence-electron chi connectivity index (χ0n) is 7.84. The molecule has 0 unspecified atom stereocenters. The smallest absolute Gasteiger partial charge is 0.219 e. The minimum Gasteiger partial charge on any atom is -0.335 e. The number of likely N-dealkylation sites (tertiary alicyclic amines) is 2. The predicted molar refractivity (Wildman–Crippen MR) is 46.8 cm³/mol. The summed E-state index contributed by atoms with van der Waals surface area (Å²) in [6.45, 7) is 4.81. The van der Waals surface area contributed by atoms with Crippen LogP contribution >= 0.6 is 0 Å². The van der Waals surface area contributed by atoms with Gasteiger partial charge in [0.1, 0.15) is 0 Å². The Morgan fingerprint density at radius 2 is 2.08 bits per heavy atom. The van der Waals surface area contributed by atoms with Gasteiger partial charge in [0, 0.05) is 26.6 Å². The summed E-state index contributed by atoms with van der Waals surface area (Å²) in [6, 6.07) is 0. The predicted octanol–water partition coefficient (Wildman–Crippen LogP) is 0.313. The van der Waals surface area contributed by atoms with E-state index in [0.717, 1.165) is 19.6 Å². The Morgan fingerprint density at radius 3 is 2.58 bits per heavy atom. The van der Waals surface area contributed by atoms with Gasteiger partial charge >= 0.3 is 0 Å². The molecule has 2 fully saturated rings. The van der Waals surface area contributed by atoms with E-state index in [1.165, 1.54) is 12.8 Å². The molecule has 12 heavy (non-hydrogen) atoms. The van der Waals surface area contributed by atoms with Gasteiger partial charge in [0.15, 0.2) is 0 Å². The molecule has 0 N–H and O–H groups in total. The lowest BCUT2D eigenvalue weighted by atomic mass is 9.87. The summed E-state index contributed by atoms with van der Waals surface area (Å²) < 4.78 is 0. The average Bonchev–Trinajstić information content (AvgIpc) is 2.30. The van der Waals surface area contributed by atoms with E-state index in [0.29, 0.717) is 0 Å². The normalized spacial score (nSPS) is 27.7. The highest BCUT2D eigenvalue weighted by atomic mass is 16.2. The minimum absolute atomic E-state index is 0.237. The quantitative estimate of drug-likeness (QED) is 0.520. The van der Waals surface area contributed by atoms with Crippen LogP contribution in [0.5, 0.6) is 0 Å². The maximum absolute atomic E-state index is 11.3. The molecule has 0 aliphatic carbocycles. The lowest BCUT2D eigenvalue weighted by Crippen LogP contribution is -2.67. The summed E-state index contributed by atoms with van der Waals surface area (Å²) in [5.74, 6) is 0.251. The molecule has 1 amide bonds. The van der Waals surface area contributed by atoms with Crippen LogP contribution in [0.3, 0.4) is 0 Å². The van der Waals surface area contributed by atoms with Gasteiger partial charge in [-0.15, -0.1) is 0 Å². The van der Waals surface area contributed by atoms with Crippen molar-refractivity contribution in [3.05, 3.63) is 0 Å². The van der Waals surface area contributed by atoms with E-state index in [1.54, 1.807) is 6.92 Å². The molecule has 0 aromatic carbocycles. The van der Waals surface area contributed by atoms with E-state index in [1.807, 2.05) is 0 Å². The van der Waals surface area contributed by atoms with Gasteiger partial charge in [0.2, 0.25) is 5.91 Å². The van der Waals surface area contributed by atoms with Crippen molar-refractivity contribution in [3.63, 3.8) is 0 Å². The fourth-order valence-electron chi connectivity index (χ4n) is 2.72. The van der Waals surface area contributed by atoms with Crippen molar-refractivity contribution < 1.29 is 4.79 Å². The molecule has 0 saturated carbocycles. The van der Waals surface area contributed by atoms with Crippen LogP contribution in [-0.4, -0.2) is 47.9 Å². The van der Waals surface area contributed by atoms with Gasteiger partial charge in [-0.1, -0.05) is 0 Å². The summed E-state index contributed by atoms with van der Waals surface area (Å²) in [6.07, 6.45) is 2.39. The van der Waals surface area contributed by atoms with E-state index in [2.05, 4.69) is 16.8 Å². The second-order valence-corrected chi connectivity index (χ2v) is 4.17. The highest BCUT2D eigenvalue weighted by Crippen LogP contribution is 2.36. The van der Waals surface area contributed by atoms with Crippen LogP contribution in [0, 0.1) is 0 Å². The Bertz CT molecular complexity index is 209. The summed E-state index contributed by atoms with van der Waals surface area (Å²) >= 11 is 0. The van der Waals surface area contributed by atoms with E-state index in [-0.39, 0.29) is 11.4 Å². The maximum Gasteiger partial charge on any atom is 0.219 e. The standard InChI is InChI=1S/C9H16N2O/c1-8(12)11-5-3-4-9(11)6-10(2)7-9/h3-7H2,1-2H3.